The van der Waals surface area contributed by atoms with E-state index < -0.39 is 0 Å². The second-order valence-corrected chi connectivity index (χ2v) is 7.19. The summed E-state index contributed by atoms with van der Waals surface area (Å²) in [6.07, 6.45) is 0. The molecule has 0 amide bonds. The Hall–Kier alpha value is -1.58. The van der Waals surface area contributed by atoms with Gasteiger partial charge in [0.1, 0.15) is 0 Å². The van der Waals surface area contributed by atoms with Gasteiger partial charge in [0.05, 0.1) is 5.69 Å². The minimum absolute atomic E-state index is 0.871. The van der Waals surface area contributed by atoms with Crippen LogP contribution >= 0.6 is 31.9 Å². The largest absolute Gasteiger partial charge is 0.362 e. The predicted octanol–water partition coefficient (Wildman–Crippen LogP) is 6.42. The molecular weight excluding hydrogens is 414 g/mol. The number of hydrogen-bond acceptors (Lipinski definition) is 1. The van der Waals surface area contributed by atoms with Gasteiger partial charge in [-0.15, -0.1) is 0 Å². The van der Waals surface area contributed by atoms with E-state index in [0.29, 0.717) is 0 Å². The summed E-state index contributed by atoms with van der Waals surface area (Å²) >= 11 is 7.23. The van der Waals surface area contributed by atoms with E-state index in [2.05, 4.69) is 116 Å². The summed E-state index contributed by atoms with van der Waals surface area (Å²) in [5.74, 6) is 0. The fourth-order valence-electron chi connectivity index (χ4n) is 2.57. The standard InChI is InChI=1S/C20H17Br2N/c21-18-11-12-20(19(22)13-18)23(14-16-7-3-1-4-8-16)15-17-9-5-2-6-10-17/h1-13H,14-15H2. The smallest absolute Gasteiger partial charge is 0.0517 e. The highest BCUT2D eigenvalue weighted by Gasteiger charge is 2.12. The van der Waals surface area contributed by atoms with Gasteiger partial charge in [-0.3, -0.25) is 0 Å². The van der Waals surface area contributed by atoms with Crippen molar-refractivity contribution < 1.29 is 0 Å². The molecule has 116 valence electrons. The molecule has 0 bridgehead atoms. The van der Waals surface area contributed by atoms with E-state index in [1.165, 1.54) is 16.8 Å². The molecule has 1 nitrogen and oxygen atoms in total. The third-order valence-electron chi connectivity index (χ3n) is 3.68. The summed E-state index contributed by atoms with van der Waals surface area (Å²) < 4.78 is 2.17. The Kier molecular flexibility index (Phi) is 5.52. The van der Waals surface area contributed by atoms with E-state index in [1.807, 2.05) is 0 Å². The third-order valence-corrected chi connectivity index (χ3v) is 4.81. The van der Waals surface area contributed by atoms with E-state index in [9.17, 15) is 0 Å². The van der Waals surface area contributed by atoms with Crippen molar-refractivity contribution in [2.75, 3.05) is 4.90 Å². The second-order valence-electron chi connectivity index (χ2n) is 5.42. The van der Waals surface area contributed by atoms with Crippen molar-refractivity contribution in [1.29, 1.82) is 0 Å². The van der Waals surface area contributed by atoms with Crippen molar-refractivity contribution >= 4 is 37.5 Å². The minimum Gasteiger partial charge on any atom is -0.362 e. The maximum absolute atomic E-state index is 3.70. The monoisotopic (exact) mass is 429 g/mol. The Bertz CT molecular complexity index is 716. The molecular formula is C20H17Br2N. The number of rotatable bonds is 5. The number of nitrogens with zero attached hydrogens (tertiary/aromatic N) is 1. The Balaban J connectivity index is 1.92. The van der Waals surface area contributed by atoms with Gasteiger partial charge in [0.15, 0.2) is 0 Å². The van der Waals surface area contributed by atoms with Crippen molar-refractivity contribution in [3.63, 3.8) is 0 Å². The molecule has 0 heterocycles. The fraction of sp³-hybridized carbons (Fsp3) is 0.100. The highest BCUT2D eigenvalue weighted by molar-refractivity contribution is 9.11. The van der Waals surface area contributed by atoms with Gasteiger partial charge >= 0.3 is 0 Å². The zero-order chi connectivity index (χ0) is 16.1. The van der Waals surface area contributed by atoms with E-state index >= 15 is 0 Å². The zero-order valence-electron chi connectivity index (χ0n) is 12.6. The summed E-state index contributed by atoms with van der Waals surface area (Å²) in [6, 6.07) is 27.5. The van der Waals surface area contributed by atoms with Gasteiger partial charge in [0.25, 0.3) is 0 Å². The van der Waals surface area contributed by atoms with Gasteiger partial charge in [-0.25, -0.2) is 0 Å². The molecule has 0 aliphatic heterocycles. The lowest BCUT2D eigenvalue weighted by atomic mass is 10.1. The molecule has 3 rings (SSSR count). The summed E-state index contributed by atoms with van der Waals surface area (Å²) in [5, 5.41) is 0. The van der Waals surface area contributed by atoms with Crippen molar-refractivity contribution in [2.45, 2.75) is 13.1 Å². The molecule has 0 saturated heterocycles. The molecule has 23 heavy (non-hydrogen) atoms. The van der Waals surface area contributed by atoms with E-state index in [0.717, 1.165) is 22.0 Å². The first-order valence-electron chi connectivity index (χ1n) is 7.50. The molecule has 0 unspecified atom stereocenters. The lowest BCUT2D eigenvalue weighted by molar-refractivity contribution is 0.798. The van der Waals surface area contributed by atoms with Gasteiger partial charge < -0.3 is 4.90 Å². The summed E-state index contributed by atoms with van der Waals surface area (Å²) in [4.78, 5) is 2.39. The normalized spacial score (nSPS) is 10.5. The van der Waals surface area contributed by atoms with Gasteiger partial charge in [-0.1, -0.05) is 76.6 Å². The molecule has 0 fully saturated rings. The first-order chi connectivity index (χ1) is 11.2. The third kappa shape index (κ3) is 4.46. The van der Waals surface area contributed by atoms with Crippen LogP contribution in [0.3, 0.4) is 0 Å². The average molecular weight is 431 g/mol. The summed E-state index contributed by atoms with van der Waals surface area (Å²) in [7, 11) is 0. The van der Waals surface area contributed by atoms with E-state index in [4.69, 9.17) is 0 Å². The first-order valence-corrected chi connectivity index (χ1v) is 9.09. The number of anilines is 1. The molecule has 0 saturated carbocycles. The Morgan fingerprint density at radius 1 is 0.652 bits per heavy atom. The highest BCUT2D eigenvalue weighted by Crippen LogP contribution is 2.31. The second kappa shape index (κ2) is 7.80. The Labute approximate surface area is 154 Å². The molecule has 0 aromatic heterocycles. The highest BCUT2D eigenvalue weighted by atomic mass is 79.9. The quantitative estimate of drug-likeness (QED) is 0.451. The maximum Gasteiger partial charge on any atom is 0.0517 e. The van der Waals surface area contributed by atoms with E-state index in [-0.39, 0.29) is 0 Å². The maximum atomic E-state index is 3.70. The van der Waals surface area contributed by atoms with Crippen LogP contribution in [0, 0.1) is 0 Å². The molecule has 3 heteroatoms. The fourth-order valence-corrected chi connectivity index (χ4v) is 3.87. The van der Waals surface area contributed by atoms with Crippen LogP contribution in [0.15, 0.2) is 87.8 Å². The SMILES string of the molecule is Brc1ccc(N(Cc2ccccc2)Cc2ccccc2)c(Br)c1. The van der Waals surface area contributed by atoms with Crippen LogP contribution in [0.25, 0.3) is 0 Å². The van der Waals surface area contributed by atoms with Crippen LogP contribution in [0.5, 0.6) is 0 Å². The minimum atomic E-state index is 0.871. The van der Waals surface area contributed by atoms with Crippen LogP contribution < -0.4 is 4.90 Å². The lowest BCUT2D eigenvalue weighted by Crippen LogP contribution is -2.22. The van der Waals surface area contributed by atoms with Crippen LogP contribution in [0.2, 0.25) is 0 Å². The van der Waals surface area contributed by atoms with Gasteiger partial charge in [-0.05, 0) is 45.3 Å². The molecule has 0 atom stereocenters. The lowest BCUT2D eigenvalue weighted by Gasteiger charge is -2.26. The number of hydrogen-bond donors (Lipinski definition) is 0. The molecule has 0 aliphatic carbocycles. The number of halogens is 2. The molecule has 0 spiro atoms. The molecule has 0 radical (unpaired) electrons. The van der Waals surface area contributed by atoms with Gasteiger partial charge in [0.2, 0.25) is 0 Å². The molecule has 3 aromatic rings. The Morgan fingerprint density at radius 3 is 1.65 bits per heavy atom. The topological polar surface area (TPSA) is 3.24 Å². The predicted molar refractivity (Wildman–Crippen MR) is 105 cm³/mol. The van der Waals surface area contributed by atoms with Crippen LogP contribution in [0.1, 0.15) is 11.1 Å². The van der Waals surface area contributed by atoms with Crippen LogP contribution in [-0.4, -0.2) is 0 Å². The van der Waals surface area contributed by atoms with Gasteiger partial charge in [-0.2, -0.15) is 0 Å². The average Bonchev–Trinajstić information content (AvgIpc) is 2.56. The van der Waals surface area contributed by atoms with Crippen molar-refractivity contribution in [1.82, 2.24) is 0 Å². The molecule has 3 aromatic carbocycles. The van der Waals surface area contributed by atoms with E-state index in [1.54, 1.807) is 0 Å². The van der Waals surface area contributed by atoms with Crippen LogP contribution in [0.4, 0.5) is 5.69 Å². The zero-order valence-corrected chi connectivity index (χ0v) is 15.8. The van der Waals surface area contributed by atoms with Crippen molar-refractivity contribution in [3.05, 3.63) is 98.9 Å². The van der Waals surface area contributed by atoms with Crippen molar-refractivity contribution in [2.24, 2.45) is 0 Å². The van der Waals surface area contributed by atoms with Crippen molar-refractivity contribution in [3.8, 4) is 0 Å². The first kappa shape index (κ1) is 16.3. The summed E-state index contributed by atoms with van der Waals surface area (Å²) in [6.45, 7) is 1.74. The van der Waals surface area contributed by atoms with Gasteiger partial charge in [0, 0.05) is 22.0 Å². The molecule has 0 N–H and O–H groups in total. The molecule has 0 aliphatic rings. The summed E-state index contributed by atoms with van der Waals surface area (Å²) in [5.41, 5.74) is 3.80. The Morgan fingerprint density at radius 2 is 1.17 bits per heavy atom. The number of benzene rings is 3. The van der Waals surface area contributed by atoms with Crippen LogP contribution in [-0.2, 0) is 13.1 Å².